The number of alkyl halides is 15. The van der Waals surface area contributed by atoms with E-state index in [4.69, 9.17) is 0 Å². The molecule has 10 aliphatic rings. The fraction of sp³-hybridized carbons (Fsp3) is 0.533. The molecule has 4 aromatic carbocycles. The van der Waals surface area contributed by atoms with Crippen molar-refractivity contribution < 1.29 is 83.3 Å². The summed E-state index contributed by atoms with van der Waals surface area (Å²) < 4.78 is 221. The number of benzene rings is 4. The fourth-order valence-electron chi connectivity index (χ4n) is 18.3. The van der Waals surface area contributed by atoms with Crippen LogP contribution in [0.5, 0.6) is 0 Å². The summed E-state index contributed by atoms with van der Waals surface area (Å²) in [5, 5.41) is 0. The monoisotopic (exact) mass is 1250 g/mol. The SMILES string of the molecule is Cl.Cl.[CH3][Zr](=[SiH2])([CH2]CC(F)(F)F)([CH]1C(CC2C3CC4CC(C3)CC2C4)=Cc2c(-c3cc(C(F)(F)F)cc(C(F)(F)F)c3)cccc21)[CH]1C(CC2C3CC4CC(C3)CC2C4)=Cc2c(-c3cc(C(F)(F)F)cc(C(F)(F)F)c3)cccc21. The fourth-order valence-corrected chi connectivity index (χ4v) is 42.0. The Hall–Kier alpha value is -3.01. The van der Waals surface area contributed by atoms with E-state index in [1.54, 1.807) is 31.1 Å². The van der Waals surface area contributed by atoms with Crippen LogP contribution in [0.3, 0.4) is 0 Å². The normalized spacial score (nSPS) is 29.9. The van der Waals surface area contributed by atoms with Crippen LogP contribution in [0.2, 0.25) is 8.76 Å². The summed E-state index contributed by atoms with van der Waals surface area (Å²) in [5.74, 6) is 3.86. The van der Waals surface area contributed by atoms with Crippen LogP contribution in [-0.4, -0.2) is 13.1 Å². The van der Waals surface area contributed by atoms with Gasteiger partial charge in [0, 0.05) is 0 Å². The predicted octanol–water partition coefficient (Wildman–Crippen LogP) is 20.1. The van der Waals surface area contributed by atoms with E-state index < -0.39 is 84.2 Å². The zero-order valence-electron chi connectivity index (χ0n) is 43.1. The molecule has 8 fully saturated rings. The summed E-state index contributed by atoms with van der Waals surface area (Å²) in [6.07, 6.45) is -11.4. The molecule has 79 heavy (non-hydrogen) atoms. The molecular weight excluding hydrogens is 1200 g/mol. The van der Waals surface area contributed by atoms with Crippen molar-refractivity contribution in [1.82, 2.24) is 0 Å². The average molecular weight is 1260 g/mol. The quantitative estimate of drug-likeness (QED) is 0.110. The summed E-state index contributed by atoms with van der Waals surface area (Å²) in [6.45, 7) is 1.65. The van der Waals surface area contributed by atoms with Crippen molar-refractivity contribution in [3.8, 4) is 22.3 Å². The second-order valence-corrected chi connectivity index (χ2v) is 54.2. The maximum absolute atomic E-state index is 15.4. The number of halogens is 17. The first-order valence-corrected chi connectivity index (χ1v) is 40.2. The van der Waals surface area contributed by atoms with Crippen LogP contribution in [-0.2, 0) is 42.1 Å². The molecule has 14 rings (SSSR count). The molecule has 428 valence electrons. The maximum atomic E-state index is 15.4. The van der Waals surface area contributed by atoms with E-state index >= 15 is 13.2 Å². The molecule has 4 aromatic rings. The molecule has 0 amide bonds. The Labute approximate surface area is 464 Å². The van der Waals surface area contributed by atoms with Crippen molar-refractivity contribution in [1.29, 1.82) is 0 Å². The zero-order chi connectivity index (χ0) is 54.8. The second-order valence-electron chi connectivity index (χ2n) is 25.7. The van der Waals surface area contributed by atoms with Gasteiger partial charge in [-0.15, -0.1) is 24.8 Å². The number of hydrogen-bond acceptors (Lipinski definition) is 0. The number of fused-ring (bicyclic) bond motifs is 2. The topological polar surface area (TPSA) is 0 Å². The van der Waals surface area contributed by atoms with E-state index in [0.29, 0.717) is 107 Å². The van der Waals surface area contributed by atoms with Crippen LogP contribution in [0.1, 0.15) is 135 Å². The van der Waals surface area contributed by atoms with Crippen molar-refractivity contribution >= 4 is 43.8 Å². The average Bonchev–Trinajstić information content (AvgIpc) is 2.88. The van der Waals surface area contributed by atoms with Gasteiger partial charge in [0.25, 0.3) is 0 Å². The molecule has 2 atom stereocenters. The van der Waals surface area contributed by atoms with Gasteiger partial charge in [-0.25, -0.2) is 0 Å². The van der Waals surface area contributed by atoms with Crippen molar-refractivity contribution in [3.63, 3.8) is 0 Å². The minimum absolute atomic E-state index is 0. The standard InChI is InChI=1S/2C28H25F6.C3H4F3.CH3.2ClH.H2Si.Zr/c2*29-27(30,31)22-12-21(13-23(14-22)28(32,33)34)24-3-1-2-18-5-17(11-26(18)24)10-25-19-6-15-4-16(8-19)9-20(25)7-15;1-2-3(4,5)6;;;;;/h2*1-3,5,11-16,19-20,25H,4,6-10H2;1-2H2;1H3;2*1H;1H2;. The van der Waals surface area contributed by atoms with Gasteiger partial charge in [-0.2, -0.15) is 0 Å². The molecule has 2 unspecified atom stereocenters. The summed E-state index contributed by atoms with van der Waals surface area (Å²) in [5.41, 5.74) is -3.05. The summed E-state index contributed by atoms with van der Waals surface area (Å²) in [6, 6.07) is 12.5. The molecular formula is C60H61Cl2F15SiZr. The van der Waals surface area contributed by atoms with Crippen LogP contribution in [0, 0.1) is 59.2 Å². The van der Waals surface area contributed by atoms with Crippen LogP contribution in [0.4, 0.5) is 65.9 Å². The van der Waals surface area contributed by atoms with Crippen LogP contribution in [0.25, 0.3) is 34.4 Å². The van der Waals surface area contributed by atoms with Gasteiger partial charge in [-0.05, 0) is 0 Å². The Morgan fingerprint density at radius 1 is 0.443 bits per heavy atom. The van der Waals surface area contributed by atoms with Gasteiger partial charge < -0.3 is 0 Å². The first-order valence-electron chi connectivity index (χ1n) is 27.3. The molecule has 0 aliphatic heterocycles. The van der Waals surface area contributed by atoms with E-state index in [-0.39, 0.29) is 75.2 Å². The van der Waals surface area contributed by atoms with E-state index in [9.17, 15) is 52.7 Å². The van der Waals surface area contributed by atoms with Gasteiger partial charge in [0.2, 0.25) is 0 Å². The Kier molecular flexibility index (Phi) is 15.0. The van der Waals surface area contributed by atoms with Gasteiger partial charge in [0.05, 0.1) is 0 Å². The Morgan fingerprint density at radius 3 is 1.03 bits per heavy atom. The number of rotatable bonds is 10. The molecule has 0 nitrogen and oxygen atoms in total. The third-order valence-electron chi connectivity index (χ3n) is 20.7. The molecule has 0 aromatic heterocycles. The van der Waals surface area contributed by atoms with Crippen molar-refractivity contribution in [2.24, 2.45) is 59.2 Å². The van der Waals surface area contributed by atoms with Gasteiger partial charge in [0.1, 0.15) is 0 Å². The molecule has 19 heteroatoms. The van der Waals surface area contributed by atoms with Gasteiger partial charge in [-0.1, -0.05) is 0 Å². The Bertz CT molecular complexity index is 2860. The predicted molar refractivity (Wildman–Crippen MR) is 280 cm³/mol. The molecule has 0 spiro atoms. The van der Waals surface area contributed by atoms with Crippen molar-refractivity contribution in [3.05, 3.63) is 128 Å². The number of hydrogen-bond donors (Lipinski definition) is 0. The van der Waals surface area contributed by atoms with Crippen LogP contribution < -0.4 is 0 Å². The van der Waals surface area contributed by atoms with Crippen molar-refractivity contribution in [2.75, 3.05) is 0 Å². The molecule has 0 radical (unpaired) electrons. The molecule has 8 saturated carbocycles. The summed E-state index contributed by atoms with van der Waals surface area (Å²) in [4.78, 5) is 0. The zero-order valence-corrected chi connectivity index (χ0v) is 48.6. The second kappa shape index (κ2) is 20.1. The molecule has 0 N–H and O–H groups in total. The summed E-state index contributed by atoms with van der Waals surface area (Å²) >= 11 is -5.82. The molecule has 0 saturated heterocycles. The van der Waals surface area contributed by atoms with E-state index in [2.05, 4.69) is 0 Å². The third kappa shape index (κ3) is 10.7. The first-order chi connectivity index (χ1) is 35.9. The number of allylic oxidation sites excluding steroid dienone is 2. The van der Waals surface area contributed by atoms with Crippen LogP contribution in [0.15, 0.2) is 83.9 Å². The van der Waals surface area contributed by atoms with Gasteiger partial charge in [-0.3, -0.25) is 0 Å². The van der Waals surface area contributed by atoms with E-state index in [1.165, 1.54) is 12.1 Å². The van der Waals surface area contributed by atoms with E-state index in [1.807, 2.05) is 16.8 Å². The first kappa shape index (κ1) is 59.2. The van der Waals surface area contributed by atoms with Gasteiger partial charge in [0.15, 0.2) is 0 Å². The Balaban J connectivity index is 0.00000352. The minimum atomic E-state index is -5.82. The summed E-state index contributed by atoms with van der Waals surface area (Å²) in [7, 11) is 0. The van der Waals surface area contributed by atoms with Gasteiger partial charge >= 0.3 is 443 Å². The molecule has 10 aliphatic carbocycles. The molecule has 0 heterocycles. The molecule has 8 bridgehead atoms. The van der Waals surface area contributed by atoms with Crippen molar-refractivity contribution in [2.45, 2.75) is 130 Å². The third-order valence-corrected chi connectivity index (χ3v) is 43.6. The van der Waals surface area contributed by atoms with Crippen LogP contribution >= 0.6 is 24.8 Å². The van der Waals surface area contributed by atoms with E-state index in [0.717, 1.165) is 75.4 Å². The Morgan fingerprint density at radius 2 is 0.747 bits per heavy atom.